The molecule has 1 aliphatic rings. The van der Waals surface area contributed by atoms with E-state index in [2.05, 4.69) is 44.4 Å². The minimum absolute atomic E-state index is 0.0409. The Bertz CT molecular complexity index is 1150. The Kier molecular flexibility index (Phi) is 9.69. The number of hydrogen-bond donors (Lipinski definition) is 1. The Morgan fingerprint density at radius 1 is 1.06 bits per heavy atom. The summed E-state index contributed by atoms with van der Waals surface area (Å²) in [6.45, 7) is 8.53. The number of rotatable bonds is 11. The maximum absolute atomic E-state index is 12.5. The summed E-state index contributed by atoms with van der Waals surface area (Å²) < 4.78 is 18.3. The lowest BCUT2D eigenvalue weighted by atomic mass is 10.2. The maximum Gasteiger partial charge on any atom is 0.232 e. The van der Waals surface area contributed by atoms with Crippen LogP contribution in [0.3, 0.4) is 0 Å². The van der Waals surface area contributed by atoms with Gasteiger partial charge in [0.2, 0.25) is 11.8 Å². The lowest BCUT2D eigenvalue weighted by Crippen LogP contribution is -2.46. The van der Waals surface area contributed by atoms with Gasteiger partial charge in [-0.05, 0) is 49.7 Å². The molecule has 3 aromatic rings. The van der Waals surface area contributed by atoms with Crippen LogP contribution in [0.2, 0.25) is 5.02 Å². The van der Waals surface area contributed by atoms with E-state index in [9.17, 15) is 9.00 Å². The molecule has 192 valence electrons. The predicted molar refractivity (Wildman–Crippen MR) is 144 cm³/mol. The molecule has 1 N–H and O–H groups in total. The molecule has 1 amide bonds. The molecule has 0 bridgehead atoms. The third-order valence-electron chi connectivity index (χ3n) is 6.26. The fourth-order valence-corrected chi connectivity index (χ4v) is 5.42. The molecular weight excluding hydrogens is 496 g/mol. The van der Waals surface area contributed by atoms with E-state index < -0.39 is 10.8 Å². The number of benzene rings is 2. The van der Waals surface area contributed by atoms with Gasteiger partial charge in [-0.15, -0.1) is 0 Å². The highest BCUT2D eigenvalue weighted by molar-refractivity contribution is 7.84. The third kappa shape index (κ3) is 8.00. The van der Waals surface area contributed by atoms with Gasteiger partial charge in [-0.2, -0.15) is 0 Å². The van der Waals surface area contributed by atoms with Gasteiger partial charge in [-0.25, -0.2) is 4.98 Å². The Morgan fingerprint density at radius 2 is 1.75 bits per heavy atom. The summed E-state index contributed by atoms with van der Waals surface area (Å²) in [6.07, 6.45) is 0.879. The minimum atomic E-state index is -1.36. The standard InChI is InChI=1S/C27H33ClN4O3S/c1-21-25(30-27(35-21)23-8-10-24(28)11-9-23)19-36(34)20-26(33)29-12-5-13-31-14-16-32(17-15-31)18-22-6-3-2-4-7-22/h2-4,6-11H,5,12-20H2,1H3,(H,29,33)/t36-/m0/s1. The maximum atomic E-state index is 12.5. The number of halogens is 1. The average molecular weight is 529 g/mol. The summed E-state index contributed by atoms with van der Waals surface area (Å²) in [7, 11) is -1.36. The highest BCUT2D eigenvalue weighted by Crippen LogP contribution is 2.24. The molecule has 9 heteroatoms. The van der Waals surface area contributed by atoms with E-state index in [0.717, 1.165) is 51.3 Å². The van der Waals surface area contributed by atoms with Gasteiger partial charge >= 0.3 is 0 Å². The third-order valence-corrected chi connectivity index (χ3v) is 7.69. The summed E-state index contributed by atoms with van der Waals surface area (Å²) in [4.78, 5) is 21.7. The van der Waals surface area contributed by atoms with Gasteiger partial charge in [-0.3, -0.25) is 13.9 Å². The van der Waals surface area contributed by atoms with Crippen LogP contribution in [0.5, 0.6) is 0 Å². The first-order valence-electron chi connectivity index (χ1n) is 12.3. The van der Waals surface area contributed by atoms with Crippen molar-refractivity contribution in [3.05, 3.63) is 76.6 Å². The van der Waals surface area contributed by atoms with Gasteiger partial charge in [0, 0.05) is 60.7 Å². The molecule has 1 aliphatic heterocycles. The zero-order valence-electron chi connectivity index (χ0n) is 20.6. The first-order valence-corrected chi connectivity index (χ1v) is 14.2. The van der Waals surface area contributed by atoms with Crippen LogP contribution in [0.25, 0.3) is 11.5 Å². The predicted octanol–water partition coefficient (Wildman–Crippen LogP) is 3.88. The molecule has 0 saturated carbocycles. The SMILES string of the molecule is Cc1oc(-c2ccc(Cl)cc2)nc1C[S@](=O)CC(=O)NCCCN1CCN(Cc2ccccc2)CC1. The molecule has 0 aliphatic carbocycles. The fraction of sp³-hybridized carbons (Fsp3) is 0.407. The zero-order chi connectivity index (χ0) is 25.3. The molecule has 2 aromatic carbocycles. The van der Waals surface area contributed by atoms with Gasteiger partial charge in [-0.1, -0.05) is 41.9 Å². The Balaban J connectivity index is 1.11. The van der Waals surface area contributed by atoms with Crippen LogP contribution in [0.15, 0.2) is 59.0 Å². The van der Waals surface area contributed by atoms with Gasteiger partial charge in [0.25, 0.3) is 0 Å². The second kappa shape index (κ2) is 13.1. The monoisotopic (exact) mass is 528 g/mol. The normalized spacial score (nSPS) is 15.6. The average Bonchev–Trinajstić information content (AvgIpc) is 3.23. The molecule has 2 heterocycles. The molecule has 1 fully saturated rings. The fourth-order valence-electron chi connectivity index (χ4n) is 4.22. The van der Waals surface area contributed by atoms with Gasteiger partial charge < -0.3 is 14.6 Å². The number of aryl methyl sites for hydroxylation is 1. The van der Waals surface area contributed by atoms with E-state index >= 15 is 0 Å². The zero-order valence-corrected chi connectivity index (χ0v) is 22.2. The summed E-state index contributed by atoms with van der Waals surface area (Å²) in [5.41, 5.74) is 2.76. The molecule has 0 radical (unpaired) electrons. The van der Waals surface area contributed by atoms with Crippen LogP contribution in [0.4, 0.5) is 0 Å². The number of carbonyl (C=O) groups is 1. The van der Waals surface area contributed by atoms with Gasteiger partial charge in [0.15, 0.2) is 0 Å². The number of piperazine rings is 1. The number of nitrogens with one attached hydrogen (secondary N) is 1. The van der Waals surface area contributed by atoms with E-state index in [1.807, 2.05) is 18.2 Å². The number of carbonyl (C=O) groups excluding carboxylic acids is 1. The van der Waals surface area contributed by atoms with Crippen molar-refractivity contribution in [3.8, 4) is 11.5 Å². The van der Waals surface area contributed by atoms with Crippen molar-refractivity contribution < 1.29 is 13.4 Å². The summed E-state index contributed by atoms with van der Waals surface area (Å²) in [5, 5.41) is 3.54. The molecule has 7 nitrogen and oxygen atoms in total. The lowest BCUT2D eigenvalue weighted by Gasteiger charge is -2.34. The second-order valence-corrected chi connectivity index (χ2v) is 11.0. The summed E-state index contributed by atoms with van der Waals surface area (Å²) in [6, 6.07) is 17.8. The molecular formula is C27H33ClN4O3S. The van der Waals surface area contributed by atoms with Crippen LogP contribution in [-0.4, -0.2) is 69.9 Å². The first-order chi connectivity index (χ1) is 17.5. The number of hydrogen-bond acceptors (Lipinski definition) is 6. The van der Waals surface area contributed by atoms with Crippen LogP contribution < -0.4 is 5.32 Å². The lowest BCUT2D eigenvalue weighted by molar-refractivity contribution is -0.118. The van der Waals surface area contributed by atoms with Crippen molar-refractivity contribution in [3.63, 3.8) is 0 Å². The van der Waals surface area contributed by atoms with Crippen molar-refractivity contribution in [2.45, 2.75) is 25.6 Å². The molecule has 4 rings (SSSR count). The molecule has 36 heavy (non-hydrogen) atoms. The van der Waals surface area contributed by atoms with E-state index in [4.69, 9.17) is 16.0 Å². The molecule has 1 saturated heterocycles. The number of amides is 1. The van der Waals surface area contributed by atoms with Crippen molar-refractivity contribution in [1.29, 1.82) is 0 Å². The van der Waals surface area contributed by atoms with Crippen LogP contribution >= 0.6 is 11.6 Å². The van der Waals surface area contributed by atoms with Crippen molar-refractivity contribution in [1.82, 2.24) is 20.1 Å². The van der Waals surface area contributed by atoms with Crippen LogP contribution in [0.1, 0.15) is 23.4 Å². The van der Waals surface area contributed by atoms with Gasteiger partial charge in [0.1, 0.15) is 11.5 Å². The molecule has 0 unspecified atom stereocenters. The largest absolute Gasteiger partial charge is 0.441 e. The molecule has 0 spiro atoms. The van der Waals surface area contributed by atoms with E-state index in [0.29, 0.717) is 28.9 Å². The highest BCUT2D eigenvalue weighted by Gasteiger charge is 2.18. The first kappa shape index (κ1) is 26.5. The number of nitrogens with zero attached hydrogens (tertiary/aromatic N) is 3. The highest BCUT2D eigenvalue weighted by atomic mass is 35.5. The summed E-state index contributed by atoms with van der Waals surface area (Å²) in [5.74, 6) is 1.02. The second-order valence-electron chi connectivity index (χ2n) is 9.06. The van der Waals surface area contributed by atoms with E-state index in [1.165, 1.54) is 5.56 Å². The Morgan fingerprint density at radius 3 is 2.47 bits per heavy atom. The minimum Gasteiger partial charge on any atom is -0.441 e. The quantitative estimate of drug-likeness (QED) is 0.381. The Labute approximate surface area is 220 Å². The van der Waals surface area contributed by atoms with E-state index in [1.54, 1.807) is 19.1 Å². The van der Waals surface area contributed by atoms with Crippen molar-refractivity contribution in [2.24, 2.45) is 0 Å². The van der Waals surface area contributed by atoms with Gasteiger partial charge in [0.05, 0.1) is 11.4 Å². The van der Waals surface area contributed by atoms with Crippen molar-refractivity contribution >= 4 is 28.3 Å². The molecule has 1 aromatic heterocycles. The molecule has 1 atom stereocenters. The van der Waals surface area contributed by atoms with Crippen LogP contribution in [0, 0.1) is 6.92 Å². The number of aromatic nitrogens is 1. The van der Waals surface area contributed by atoms with E-state index in [-0.39, 0.29) is 17.4 Å². The Hall–Kier alpha value is -2.52. The number of oxazole rings is 1. The summed E-state index contributed by atoms with van der Waals surface area (Å²) >= 11 is 5.93. The van der Waals surface area contributed by atoms with Crippen molar-refractivity contribution in [2.75, 3.05) is 45.0 Å². The van der Waals surface area contributed by atoms with Crippen LogP contribution in [-0.2, 0) is 27.9 Å². The smallest absolute Gasteiger partial charge is 0.232 e. The topological polar surface area (TPSA) is 78.7 Å².